The van der Waals surface area contributed by atoms with E-state index in [4.69, 9.17) is 0 Å². The standard InChI is InChI=1S/C13H24N2/c1-3-9-15(12-6-7-12)13-8-5-11(13)10-14-4-2/h3,11-14H,1,4-10H2,2H3. The van der Waals surface area contributed by atoms with E-state index < -0.39 is 0 Å². The van der Waals surface area contributed by atoms with E-state index in [1.807, 2.05) is 0 Å². The Bertz CT molecular complexity index is 211. The first-order chi connectivity index (χ1) is 7.36. The zero-order valence-corrected chi connectivity index (χ0v) is 9.91. The quantitative estimate of drug-likeness (QED) is 0.644. The summed E-state index contributed by atoms with van der Waals surface area (Å²) in [7, 11) is 0. The summed E-state index contributed by atoms with van der Waals surface area (Å²) < 4.78 is 0. The number of nitrogens with zero attached hydrogens (tertiary/aromatic N) is 1. The van der Waals surface area contributed by atoms with Gasteiger partial charge in [0, 0.05) is 18.6 Å². The normalized spacial score (nSPS) is 30.3. The van der Waals surface area contributed by atoms with E-state index in [-0.39, 0.29) is 0 Å². The maximum Gasteiger partial charge on any atom is 0.0166 e. The summed E-state index contributed by atoms with van der Waals surface area (Å²) >= 11 is 0. The van der Waals surface area contributed by atoms with Crippen LogP contribution < -0.4 is 5.32 Å². The average molecular weight is 208 g/mol. The Balaban J connectivity index is 1.81. The lowest BCUT2D eigenvalue weighted by atomic mass is 9.78. The molecule has 0 aromatic carbocycles. The maximum atomic E-state index is 3.88. The minimum Gasteiger partial charge on any atom is -0.317 e. The second kappa shape index (κ2) is 5.13. The van der Waals surface area contributed by atoms with Crippen molar-refractivity contribution in [2.75, 3.05) is 19.6 Å². The molecule has 2 saturated carbocycles. The Hall–Kier alpha value is -0.340. The molecule has 0 saturated heterocycles. The van der Waals surface area contributed by atoms with Crippen LogP contribution in [0.4, 0.5) is 0 Å². The molecular weight excluding hydrogens is 184 g/mol. The van der Waals surface area contributed by atoms with E-state index in [2.05, 4.69) is 29.8 Å². The van der Waals surface area contributed by atoms with Gasteiger partial charge < -0.3 is 5.32 Å². The van der Waals surface area contributed by atoms with Crippen molar-refractivity contribution in [3.63, 3.8) is 0 Å². The maximum absolute atomic E-state index is 3.88. The number of hydrogen-bond acceptors (Lipinski definition) is 2. The Labute approximate surface area is 93.7 Å². The summed E-state index contributed by atoms with van der Waals surface area (Å²) in [5.74, 6) is 0.894. The second-order valence-electron chi connectivity index (χ2n) is 4.93. The van der Waals surface area contributed by atoms with Crippen LogP contribution >= 0.6 is 0 Å². The molecule has 2 unspecified atom stereocenters. The predicted molar refractivity (Wildman–Crippen MR) is 65.0 cm³/mol. The van der Waals surface area contributed by atoms with E-state index >= 15 is 0 Å². The molecule has 0 aromatic heterocycles. The van der Waals surface area contributed by atoms with Crippen molar-refractivity contribution < 1.29 is 0 Å². The van der Waals surface area contributed by atoms with Gasteiger partial charge >= 0.3 is 0 Å². The van der Waals surface area contributed by atoms with Crippen LogP contribution in [-0.4, -0.2) is 36.6 Å². The van der Waals surface area contributed by atoms with Crippen LogP contribution in [-0.2, 0) is 0 Å². The van der Waals surface area contributed by atoms with Crippen molar-refractivity contribution in [1.29, 1.82) is 0 Å². The molecule has 2 fully saturated rings. The SMILES string of the molecule is C=CCN(C1CC1)C1CCC1CNCC. The van der Waals surface area contributed by atoms with Crippen molar-refractivity contribution in [3.05, 3.63) is 12.7 Å². The molecule has 86 valence electrons. The van der Waals surface area contributed by atoms with Crippen LogP contribution in [0.1, 0.15) is 32.6 Å². The van der Waals surface area contributed by atoms with Crippen LogP contribution in [0.2, 0.25) is 0 Å². The predicted octanol–water partition coefficient (Wildman–Crippen LogP) is 2.02. The monoisotopic (exact) mass is 208 g/mol. The Morgan fingerprint density at radius 3 is 2.60 bits per heavy atom. The zero-order chi connectivity index (χ0) is 10.7. The molecule has 2 rings (SSSR count). The fourth-order valence-corrected chi connectivity index (χ4v) is 2.67. The van der Waals surface area contributed by atoms with Crippen LogP contribution in [0.25, 0.3) is 0 Å². The minimum absolute atomic E-state index is 0.842. The molecule has 0 aliphatic heterocycles. The lowest BCUT2D eigenvalue weighted by Crippen LogP contribution is -2.51. The third-order valence-electron chi connectivity index (χ3n) is 3.82. The number of hydrogen-bond donors (Lipinski definition) is 1. The molecule has 15 heavy (non-hydrogen) atoms. The topological polar surface area (TPSA) is 15.3 Å². The molecule has 0 spiro atoms. The number of rotatable bonds is 7. The summed E-state index contributed by atoms with van der Waals surface area (Å²) in [6.07, 6.45) is 7.72. The third kappa shape index (κ3) is 2.61. The van der Waals surface area contributed by atoms with Crippen LogP contribution in [0, 0.1) is 5.92 Å². The minimum atomic E-state index is 0.842. The van der Waals surface area contributed by atoms with E-state index in [1.165, 1.54) is 32.2 Å². The van der Waals surface area contributed by atoms with E-state index in [1.54, 1.807) is 0 Å². The molecule has 0 amide bonds. The van der Waals surface area contributed by atoms with Gasteiger partial charge in [0.15, 0.2) is 0 Å². The first-order valence-corrected chi connectivity index (χ1v) is 6.44. The molecule has 2 aliphatic rings. The van der Waals surface area contributed by atoms with Crippen LogP contribution in [0.3, 0.4) is 0 Å². The van der Waals surface area contributed by atoms with Gasteiger partial charge in [-0.1, -0.05) is 13.0 Å². The van der Waals surface area contributed by atoms with Gasteiger partial charge in [-0.3, -0.25) is 4.90 Å². The van der Waals surface area contributed by atoms with Gasteiger partial charge in [0.1, 0.15) is 0 Å². The highest BCUT2D eigenvalue weighted by Crippen LogP contribution is 2.38. The van der Waals surface area contributed by atoms with Gasteiger partial charge in [0.2, 0.25) is 0 Å². The summed E-state index contributed by atoms with van der Waals surface area (Å²) in [6, 6.07) is 1.73. The van der Waals surface area contributed by atoms with Crippen molar-refractivity contribution in [1.82, 2.24) is 10.2 Å². The molecule has 0 heterocycles. The van der Waals surface area contributed by atoms with Gasteiger partial charge in [0.25, 0.3) is 0 Å². The van der Waals surface area contributed by atoms with Gasteiger partial charge in [-0.25, -0.2) is 0 Å². The first kappa shape index (κ1) is 11.2. The highest BCUT2D eigenvalue weighted by atomic mass is 15.2. The molecule has 0 bridgehead atoms. The van der Waals surface area contributed by atoms with Gasteiger partial charge in [-0.05, 0) is 44.7 Å². The van der Waals surface area contributed by atoms with E-state index in [9.17, 15) is 0 Å². The molecule has 2 aliphatic carbocycles. The summed E-state index contributed by atoms with van der Waals surface area (Å²) in [4.78, 5) is 2.69. The fourth-order valence-electron chi connectivity index (χ4n) is 2.67. The van der Waals surface area contributed by atoms with Crippen molar-refractivity contribution in [3.8, 4) is 0 Å². The van der Waals surface area contributed by atoms with Gasteiger partial charge in [-0.2, -0.15) is 0 Å². The molecule has 1 N–H and O–H groups in total. The van der Waals surface area contributed by atoms with Crippen molar-refractivity contribution in [2.45, 2.75) is 44.7 Å². The Morgan fingerprint density at radius 2 is 2.13 bits per heavy atom. The molecule has 0 radical (unpaired) electrons. The highest BCUT2D eigenvalue weighted by molar-refractivity contribution is 4.98. The van der Waals surface area contributed by atoms with E-state index in [0.717, 1.165) is 31.1 Å². The number of nitrogens with one attached hydrogen (secondary N) is 1. The second-order valence-corrected chi connectivity index (χ2v) is 4.93. The smallest absolute Gasteiger partial charge is 0.0166 e. The summed E-state index contributed by atoms with van der Waals surface area (Å²) in [5, 5.41) is 3.48. The molecule has 2 heteroatoms. The van der Waals surface area contributed by atoms with Crippen molar-refractivity contribution >= 4 is 0 Å². The lowest BCUT2D eigenvalue weighted by Gasteiger charge is -2.44. The summed E-state index contributed by atoms with van der Waals surface area (Å²) in [5.41, 5.74) is 0. The highest BCUT2D eigenvalue weighted by Gasteiger charge is 2.40. The van der Waals surface area contributed by atoms with Crippen LogP contribution in [0.5, 0.6) is 0 Å². The van der Waals surface area contributed by atoms with Crippen molar-refractivity contribution in [2.24, 2.45) is 5.92 Å². The van der Waals surface area contributed by atoms with Gasteiger partial charge in [-0.15, -0.1) is 6.58 Å². The molecule has 0 aromatic rings. The van der Waals surface area contributed by atoms with E-state index in [0.29, 0.717) is 0 Å². The first-order valence-electron chi connectivity index (χ1n) is 6.44. The van der Waals surface area contributed by atoms with Gasteiger partial charge in [0.05, 0.1) is 0 Å². The van der Waals surface area contributed by atoms with Crippen LogP contribution in [0.15, 0.2) is 12.7 Å². The molecule has 2 nitrogen and oxygen atoms in total. The zero-order valence-electron chi connectivity index (χ0n) is 9.91. The lowest BCUT2D eigenvalue weighted by molar-refractivity contribution is 0.0652. The largest absolute Gasteiger partial charge is 0.317 e. The third-order valence-corrected chi connectivity index (χ3v) is 3.82. The molecular formula is C13H24N2. The Morgan fingerprint density at radius 1 is 1.33 bits per heavy atom. The molecule has 2 atom stereocenters. The Kier molecular flexibility index (Phi) is 3.81. The summed E-state index contributed by atoms with van der Waals surface area (Å²) in [6.45, 7) is 9.48. The fraction of sp³-hybridized carbons (Fsp3) is 0.846. The average Bonchev–Trinajstić information content (AvgIpc) is 2.99.